The van der Waals surface area contributed by atoms with Crippen molar-refractivity contribution >= 4 is 22.8 Å². The molecular formula is C26H26N4O2. The number of piperidine rings is 1. The third-order valence-electron chi connectivity index (χ3n) is 5.84. The summed E-state index contributed by atoms with van der Waals surface area (Å²) < 4.78 is 5.17. The molecule has 0 radical (unpaired) electrons. The molecule has 4 rings (SSSR count). The largest absolute Gasteiger partial charge is 0.460 e. The van der Waals surface area contributed by atoms with E-state index in [0.29, 0.717) is 22.9 Å². The highest BCUT2D eigenvalue weighted by molar-refractivity contribution is 5.85. The van der Waals surface area contributed by atoms with Crippen LogP contribution in [0.25, 0.3) is 11.0 Å². The molecule has 1 aromatic heterocycles. The number of esters is 1. The fourth-order valence-electron chi connectivity index (χ4n) is 4.18. The third-order valence-corrected chi connectivity index (χ3v) is 5.84. The fraction of sp³-hybridized carbons (Fsp3) is 0.308. The van der Waals surface area contributed by atoms with E-state index >= 15 is 0 Å². The highest BCUT2D eigenvalue weighted by atomic mass is 16.5. The van der Waals surface area contributed by atoms with E-state index in [1.165, 1.54) is 11.6 Å². The number of hydrogen-bond acceptors (Lipinski definition) is 6. The molecule has 6 heteroatoms. The van der Waals surface area contributed by atoms with Gasteiger partial charge in [-0.05, 0) is 42.9 Å². The molecule has 0 spiro atoms. The Kier molecular flexibility index (Phi) is 6.76. The number of hydrogen-bond donors (Lipinski definition) is 0. The molecule has 1 fully saturated rings. The lowest BCUT2D eigenvalue weighted by molar-refractivity contribution is -0.142. The van der Waals surface area contributed by atoms with Crippen molar-refractivity contribution in [2.45, 2.75) is 25.2 Å². The van der Waals surface area contributed by atoms with Gasteiger partial charge < -0.3 is 9.64 Å². The average molecular weight is 427 g/mol. The summed E-state index contributed by atoms with van der Waals surface area (Å²) in [4.78, 5) is 24.2. The number of benzene rings is 2. The van der Waals surface area contributed by atoms with E-state index in [-0.39, 0.29) is 6.61 Å². The van der Waals surface area contributed by atoms with Crippen molar-refractivity contribution in [1.29, 1.82) is 5.26 Å². The second kappa shape index (κ2) is 10.1. The Morgan fingerprint density at radius 3 is 2.44 bits per heavy atom. The van der Waals surface area contributed by atoms with Crippen molar-refractivity contribution < 1.29 is 9.53 Å². The van der Waals surface area contributed by atoms with Crippen LogP contribution in [0.15, 0.2) is 67.3 Å². The van der Waals surface area contributed by atoms with Crippen LogP contribution in [0.1, 0.15) is 30.0 Å². The second-order valence-electron chi connectivity index (χ2n) is 8.02. The molecule has 0 amide bonds. The first-order valence-electron chi connectivity index (χ1n) is 10.9. The van der Waals surface area contributed by atoms with Crippen LogP contribution in [0.3, 0.4) is 0 Å². The maximum atomic E-state index is 12.6. The summed E-state index contributed by atoms with van der Waals surface area (Å²) in [7, 11) is 0. The molecule has 0 bridgehead atoms. The Bertz CT molecular complexity index is 1130. The van der Waals surface area contributed by atoms with Gasteiger partial charge in [0.2, 0.25) is 0 Å². The molecule has 0 aliphatic carbocycles. The molecule has 162 valence electrons. The van der Waals surface area contributed by atoms with E-state index in [2.05, 4.69) is 46.8 Å². The Morgan fingerprint density at radius 2 is 1.78 bits per heavy atom. The number of nitriles is 1. The molecule has 1 aliphatic rings. The van der Waals surface area contributed by atoms with Gasteiger partial charge >= 0.3 is 5.97 Å². The zero-order chi connectivity index (χ0) is 22.3. The van der Waals surface area contributed by atoms with Crippen molar-refractivity contribution in [3.8, 4) is 6.07 Å². The number of para-hydroxylation sites is 2. The van der Waals surface area contributed by atoms with Crippen LogP contribution in [0.4, 0.5) is 5.82 Å². The smallest absolute Gasteiger partial charge is 0.330 e. The Morgan fingerprint density at radius 1 is 1.12 bits per heavy atom. The number of carbonyl (C=O) groups excluding carboxylic acids is 1. The van der Waals surface area contributed by atoms with Crippen molar-refractivity contribution in [3.05, 3.63) is 78.5 Å². The molecular weight excluding hydrogens is 400 g/mol. The molecule has 2 aromatic carbocycles. The maximum Gasteiger partial charge on any atom is 0.330 e. The van der Waals surface area contributed by atoms with Gasteiger partial charge in [-0.1, -0.05) is 55.1 Å². The summed E-state index contributed by atoms with van der Waals surface area (Å²) in [6, 6.07) is 20.1. The topological polar surface area (TPSA) is 79.1 Å². The van der Waals surface area contributed by atoms with Crippen LogP contribution in [0.5, 0.6) is 0 Å². The molecule has 1 unspecified atom stereocenters. The van der Waals surface area contributed by atoms with Gasteiger partial charge in [-0.3, -0.25) is 4.79 Å². The summed E-state index contributed by atoms with van der Waals surface area (Å²) >= 11 is 0. The van der Waals surface area contributed by atoms with Gasteiger partial charge in [0.1, 0.15) is 12.3 Å². The summed E-state index contributed by atoms with van der Waals surface area (Å²) in [6.07, 6.45) is 4.57. The molecule has 0 N–H and O–H groups in total. The second-order valence-corrected chi connectivity index (χ2v) is 8.02. The first-order valence-corrected chi connectivity index (χ1v) is 10.9. The first kappa shape index (κ1) is 21.5. The summed E-state index contributed by atoms with van der Waals surface area (Å²) in [6.45, 7) is 5.22. The standard InChI is InChI=1S/C26H26N4O2/c1-2-16-32-26(31)21(18-27)24-25(29-23-11-7-6-10-22(23)28-24)30-14-12-20(13-15-30)17-19-8-4-3-5-9-19/h2-11,20-21H,1,12-17H2. The zero-order valence-corrected chi connectivity index (χ0v) is 18.0. The molecule has 1 atom stereocenters. The molecule has 32 heavy (non-hydrogen) atoms. The van der Waals surface area contributed by atoms with Gasteiger partial charge in [-0.2, -0.15) is 5.26 Å². The highest BCUT2D eigenvalue weighted by Crippen LogP contribution is 2.31. The van der Waals surface area contributed by atoms with Crippen molar-refractivity contribution in [2.24, 2.45) is 5.92 Å². The Labute approximate surface area is 188 Å². The highest BCUT2D eigenvalue weighted by Gasteiger charge is 2.31. The number of carbonyl (C=O) groups is 1. The number of anilines is 1. The van der Waals surface area contributed by atoms with Crippen LogP contribution >= 0.6 is 0 Å². The quantitative estimate of drug-likeness (QED) is 0.411. The fourth-order valence-corrected chi connectivity index (χ4v) is 4.18. The van der Waals surface area contributed by atoms with Gasteiger partial charge in [0, 0.05) is 13.1 Å². The number of ether oxygens (including phenoxy) is 1. The summed E-state index contributed by atoms with van der Waals surface area (Å²) in [5.74, 6) is -0.569. The maximum absolute atomic E-state index is 12.6. The minimum atomic E-state index is -1.14. The lowest BCUT2D eigenvalue weighted by Gasteiger charge is -2.34. The summed E-state index contributed by atoms with van der Waals surface area (Å²) in [5, 5.41) is 9.79. The van der Waals surface area contributed by atoms with E-state index in [1.807, 2.05) is 30.3 Å². The number of fused-ring (bicyclic) bond motifs is 1. The summed E-state index contributed by atoms with van der Waals surface area (Å²) in [5.41, 5.74) is 3.12. The predicted molar refractivity (Wildman–Crippen MR) is 124 cm³/mol. The molecule has 6 nitrogen and oxygen atoms in total. The van der Waals surface area contributed by atoms with Gasteiger partial charge in [-0.15, -0.1) is 0 Å². The van der Waals surface area contributed by atoms with Crippen molar-refractivity contribution in [1.82, 2.24) is 9.97 Å². The minimum Gasteiger partial charge on any atom is -0.460 e. The predicted octanol–water partition coefficient (Wildman–Crippen LogP) is 4.43. The lowest BCUT2D eigenvalue weighted by Crippen LogP contribution is -2.36. The number of aromatic nitrogens is 2. The van der Waals surface area contributed by atoms with Crippen LogP contribution in [0.2, 0.25) is 0 Å². The minimum absolute atomic E-state index is 0.0538. The zero-order valence-electron chi connectivity index (χ0n) is 18.0. The van der Waals surface area contributed by atoms with Crippen LogP contribution in [-0.4, -0.2) is 35.6 Å². The van der Waals surface area contributed by atoms with Gasteiger partial charge in [0.05, 0.1) is 17.1 Å². The van der Waals surface area contributed by atoms with Crippen molar-refractivity contribution in [3.63, 3.8) is 0 Å². The molecule has 1 saturated heterocycles. The number of rotatable bonds is 7. The first-order chi connectivity index (χ1) is 15.7. The van der Waals surface area contributed by atoms with Gasteiger partial charge in [0.25, 0.3) is 0 Å². The van der Waals surface area contributed by atoms with Gasteiger partial charge in [0.15, 0.2) is 11.7 Å². The van der Waals surface area contributed by atoms with Crippen molar-refractivity contribution in [2.75, 3.05) is 24.6 Å². The Hall–Kier alpha value is -3.72. The van der Waals surface area contributed by atoms with Crippen LogP contribution < -0.4 is 4.90 Å². The Balaban J connectivity index is 1.60. The molecule has 2 heterocycles. The average Bonchev–Trinajstić information content (AvgIpc) is 2.84. The lowest BCUT2D eigenvalue weighted by atomic mass is 9.90. The SMILES string of the molecule is C=CCOC(=O)C(C#N)c1nc2ccccc2nc1N1CCC(Cc2ccccc2)CC1. The molecule has 1 aliphatic heterocycles. The van der Waals surface area contributed by atoms with Crippen LogP contribution in [-0.2, 0) is 16.0 Å². The van der Waals surface area contributed by atoms with E-state index in [1.54, 1.807) is 0 Å². The molecule has 3 aromatic rings. The normalized spacial score (nSPS) is 15.2. The van der Waals surface area contributed by atoms with E-state index in [0.717, 1.165) is 37.9 Å². The number of nitrogens with zero attached hydrogens (tertiary/aromatic N) is 4. The van der Waals surface area contributed by atoms with E-state index in [4.69, 9.17) is 9.72 Å². The van der Waals surface area contributed by atoms with Gasteiger partial charge in [-0.25, -0.2) is 9.97 Å². The monoisotopic (exact) mass is 426 g/mol. The molecule has 0 saturated carbocycles. The van der Waals surface area contributed by atoms with E-state index in [9.17, 15) is 10.1 Å². The van der Waals surface area contributed by atoms with Crippen LogP contribution in [0, 0.1) is 17.2 Å². The van der Waals surface area contributed by atoms with E-state index < -0.39 is 11.9 Å². The third kappa shape index (κ3) is 4.78.